The van der Waals surface area contributed by atoms with E-state index in [1.54, 1.807) is 0 Å². The van der Waals surface area contributed by atoms with Gasteiger partial charge >= 0.3 is 5.97 Å². The lowest BCUT2D eigenvalue weighted by Crippen LogP contribution is -2.48. The van der Waals surface area contributed by atoms with E-state index in [1.165, 1.54) is 62.8 Å². The van der Waals surface area contributed by atoms with Crippen LogP contribution in [0.3, 0.4) is 0 Å². The minimum absolute atomic E-state index is 0.0368. The Labute approximate surface area is 132 Å². The first kappa shape index (κ1) is 20.4. The van der Waals surface area contributed by atoms with Crippen LogP contribution in [0.5, 0.6) is 0 Å². The molecule has 0 atom stereocenters. The number of quaternary nitrogens is 1. The molecule has 3 heteroatoms. The van der Waals surface area contributed by atoms with Gasteiger partial charge in [0.05, 0.1) is 32.8 Å². The molecule has 0 fully saturated rings. The van der Waals surface area contributed by atoms with E-state index in [9.17, 15) is 4.79 Å². The number of hydrogen-bond acceptors (Lipinski definition) is 2. The van der Waals surface area contributed by atoms with Crippen molar-refractivity contribution in [3.63, 3.8) is 0 Å². The molecule has 21 heavy (non-hydrogen) atoms. The fourth-order valence-corrected chi connectivity index (χ4v) is 2.98. The topological polar surface area (TPSA) is 26.3 Å². The number of hydrogen-bond donors (Lipinski definition) is 0. The largest absolute Gasteiger partial charge is 0.466 e. The Hall–Kier alpha value is -0.570. The molecule has 0 heterocycles. The zero-order valence-corrected chi connectivity index (χ0v) is 15.0. The van der Waals surface area contributed by atoms with E-state index in [1.807, 2.05) is 6.92 Å². The highest BCUT2D eigenvalue weighted by Gasteiger charge is 2.19. The van der Waals surface area contributed by atoms with Gasteiger partial charge in [0.2, 0.25) is 0 Å². The molecule has 0 N–H and O–H groups in total. The van der Waals surface area contributed by atoms with Crippen LogP contribution in [-0.4, -0.2) is 43.2 Å². The predicted octanol–water partition coefficient (Wildman–Crippen LogP) is 4.55. The average Bonchev–Trinajstić information content (AvgIpc) is 2.50. The summed E-state index contributed by atoms with van der Waals surface area (Å²) in [4.78, 5) is 11.2. The first-order valence-corrected chi connectivity index (χ1v) is 9.14. The van der Waals surface area contributed by atoms with E-state index in [2.05, 4.69) is 20.8 Å². The van der Waals surface area contributed by atoms with Crippen LogP contribution in [0.15, 0.2) is 0 Å². The Morgan fingerprint density at radius 1 is 0.762 bits per heavy atom. The standard InChI is InChI=1S/C18H38NO2/c1-5-19(6-2,7-3)17-15-13-11-9-10-12-14-16-18(20)21-8-4/h5-17H2,1-4H3/q+1. The summed E-state index contributed by atoms with van der Waals surface area (Å²) in [6.45, 7) is 14.5. The fraction of sp³-hybridized carbons (Fsp3) is 0.944. The summed E-state index contributed by atoms with van der Waals surface area (Å²) >= 11 is 0. The van der Waals surface area contributed by atoms with Gasteiger partial charge in [-0.25, -0.2) is 0 Å². The lowest BCUT2D eigenvalue weighted by atomic mass is 10.1. The number of ether oxygens (including phenoxy) is 1. The lowest BCUT2D eigenvalue weighted by Gasteiger charge is -2.35. The third-order valence-corrected chi connectivity index (χ3v) is 4.83. The van der Waals surface area contributed by atoms with E-state index in [0.29, 0.717) is 13.0 Å². The molecule has 0 amide bonds. The molecule has 126 valence electrons. The van der Waals surface area contributed by atoms with Crippen LogP contribution in [0, 0.1) is 0 Å². The molecule has 0 aliphatic rings. The van der Waals surface area contributed by atoms with Crippen molar-refractivity contribution in [2.45, 2.75) is 79.1 Å². The van der Waals surface area contributed by atoms with Crippen LogP contribution in [0.25, 0.3) is 0 Å². The molecule has 0 unspecified atom stereocenters. The highest BCUT2D eigenvalue weighted by Crippen LogP contribution is 2.12. The van der Waals surface area contributed by atoms with Crippen LogP contribution in [0.1, 0.15) is 79.1 Å². The first-order valence-electron chi connectivity index (χ1n) is 9.14. The summed E-state index contributed by atoms with van der Waals surface area (Å²) in [6.07, 6.45) is 9.38. The van der Waals surface area contributed by atoms with Crippen molar-refractivity contribution in [3.05, 3.63) is 0 Å². The van der Waals surface area contributed by atoms with Gasteiger partial charge in [-0.1, -0.05) is 25.7 Å². The minimum atomic E-state index is -0.0368. The van der Waals surface area contributed by atoms with Gasteiger partial charge in [-0.15, -0.1) is 0 Å². The van der Waals surface area contributed by atoms with Crippen molar-refractivity contribution in [3.8, 4) is 0 Å². The highest BCUT2D eigenvalue weighted by atomic mass is 16.5. The van der Waals surface area contributed by atoms with Crippen LogP contribution < -0.4 is 0 Å². The molecule has 0 aromatic rings. The summed E-state index contributed by atoms with van der Waals surface area (Å²) < 4.78 is 6.20. The van der Waals surface area contributed by atoms with Gasteiger partial charge in [-0.05, 0) is 47.0 Å². The maximum absolute atomic E-state index is 11.2. The average molecular weight is 301 g/mol. The number of nitrogens with zero attached hydrogens (tertiary/aromatic N) is 1. The Kier molecular flexibility index (Phi) is 12.8. The molecule has 0 rings (SSSR count). The van der Waals surface area contributed by atoms with Gasteiger partial charge < -0.3 is 9.22 Å². The molecule has 0 spiro atoms. The third-order valence-electron chi connectivity index (χ3n) is 4.83. The van der Waals surface area contributed by atoms with E-state index < -0.39 is 0 Å². The summed E-state index contributed by atoms with van der Waals surface area (Å²) in [6, 6.07) is 0. The molecule has 0 bridgehead atoms. The molecule has 0 saturated heterocycles. The van der Waals surface area contributed by atoms with Crippen LogP contribution in [0.2, 0.25) is 0 Å². The second-order valence-corrected chi connectivity index (χ2v) is 6.04. The van der Waals surface area contributed by atoms with E-state index >= 15 is 0 Å². The number of unbranched alkanes of at least 4 members (excludes halogenated alkanes) is 6. The van der Waals surface area contributed by atoms with Gasteiger partial charge in [-0.3, -0.25) is 4.79 Å². The Morgan fingerprint density at radius 3 is 1.71 bits per heavy atom. The van der Waals surface area contributed by atoms with Crippen molar-refractivity contribution in [2.75, 3.05) is 32.8 Å². The van der Waals surface area contributed by atoms with Crippen molar-refractivity contribution in [1.82, 2.24) is 0 Å². The zero-order valence-electron chi connectivity index (χ0n) is 15.0. The molecule has 3 nitrogen and oxygen atoms in total. The summed E-state index contributed by atoms with van der Waals surface area (Å²) in [5.41, 5.74) is 0. The molecular formula is C18H38NO2+. The monoisotopic (exact) mass is 300 g/mol. The maximum Gasteiger partial charge on any atom is 0.305 e. The summed E-state index contributed by atoms with van der Waals surface area (Å²) in [7, 11) is 0. The van der Waals surface area contributed by atoms with Crippen LogP contribution in [0.4, 0.5) is 0 Å². The van der Waals surface area contributed by atoms with Gasteiger partial charge in [-0.2, -0.15) is 0 Å². The Balaban J connectivity index is 3.42. The Bertz CT molecular complexity index is 241. The van der Waals surface area contributed by atoms with Gasteiger partial charge in [0.15, 0.2) is 0 Å². The molecule has 0 saturated carbocycles. The van der Waals surface area contributed by atoms with E-state index in [-0.39, 0.29) is 5.97 Å². The maximum atomic E-state index is 11.2. The molecular weight excluding hydrogens is 262 g/mol. The van der Waals surface area contributed by atoms with E-state index in [4.69, 9.17) is 4.74 Å². The van der Waals surface area contributed by atoms with Crippen molar-refractivity contribution in [2.24, 2.45) is 0 Å². The quantitative estimate of drug-likeness (QED) is 0.267. The normalized spacial score (nSPS) is 11.6. The van der Waals surface area contributed by atoms with E-state index in [0.717, 1.165) is 12.8 Å². The van der Waals surface area contributed by atoms with Crippen molar-refractivity contribution >= 4 is 5.97 Å². The molecule has 0 aromatic heterocycles. The summed E-state index contributed by atoms with van der Waals surface area (Å²) in [5.74, 6) is -0.0368. The Morgan fingerprint density at radius 2 is 1.24 bits per heavy atom. The molecule has 0 radical (unpaired) electrons. The first-order chi connectivity index (χ1) is 10.1. The number of rotatable bonds is 14. The summed E-state index contributed by atoms with van der Waals surface area (Å²) in [5, 5.41) is 0. The second-order valence-electron chi connectivity index (χ2n) is 6.04. The SMILES string of the molecule is CCOC(=O)CCCCCCCCC[N+](CC)(CC)CC. The van der Waals surface area contributed by atoms with Gasteiger partial charge in [0.1, 0.15) is 0 Å². The number of carbonyl (C=O) groups excluding carboxylic acids is 1. The highest BCUT2D eigenvalue weighted by molar-refractivity contribution is 5.69. The number of carbonyl (C=O) groups is 1. The van der Waals surface area contributed by atoms with Gasteiger partial charge in [0.25, 0.3) is 0 Å². The molecule has 0 aromatic carbocycles. The van der Waals surface area contributed by atoms with Gasteiger partial charge in [0, 0.05) is 6.42 Å². The predicted molar refractivity (Wildman–Crippen MR) is 90.3 cm³/mol. The third kappa shape index (κ3) is 9.89. The minimum Gasteiger partial charge on any atom is -0.466 e. The van der Waals surface area contributed by atoms with Crippen LogP contribution >= 0.6 is 0 Å². The lowest BCUT2D eigenvalue weighted by molar-refractivity contribution is -0.923. The molecule has 0 aliphatic heterocycles. The fourth-order valence-electron chi connectivity index (χ4n) is 2.98. The van der Waals surface area contributed by atoms with Crippen molar-refractivity contribution < 1.29 is 14.0 Å². The van der Waals surface area contributed by atoms with Crippen molar-refractivity contribution in [1.29, 1.82) is 0 Å². The number of esters is 1. The molecule has 0 aliphatic carbocycles. The second kappa shape index (κ2) is 13.1. The van der Waals surface area contributed by atoms with Crippen LogP contribution in [-0.2, 0) is 9.53 Å². The zero-order chi connectivity index (χ0) is 16.0. The smallest absolute Gasteiger partial charge is 0.305 e.